The molecule has 4 aromatic rings. The van der Waals surface area contributed by atoms with E-state index >= 15 is 0 Å². The lowest BCUT2D eigenvalue weighted by Gasteiger charge is -2.04. The summed E-state index contributed by atoms with van der Waals surface area (Å²) in [6.45, 7) is 0.733. The van der Waals surface area contributed by atoms with Crippen LogP contribution in [0.25, 0.3) is 22.1 Å². The summed E-state index contributed by atoms with van der Waals surface area (Å²) in [6.07, 6.45) is 2.09. The number of amides is 2. The Morgan fingerprint density at radius 3 is 1.57 bits per heavy atom. The number of carbonyl (C=O) groups excluding carboxylic acids is 2. The van der Waals surface area contributed by atoms with Crippen molar-refractivity contribution in [1.82, 2.24) is 30.6 Å². The summed E-state index contributed by atoms with van der Waals surface area (Å²) >= 11 is 0. The third-order valence-corrected chi connectivity index (χ3v) is 4.84. The number of fused-ring (bicyclic) bond motifs is 2. The molecule has 154 valence electrons. The standard InChI is InChI=1S/C22H24N6O2/c29-21(23-13-19-25-15-7-1-2-8-16(15)26-19)11-5-6-12-22(30)24-14-20-27-17-9-3-4-10-18(17)28-20/h1-4,7-10H,5-6,11-14H2,(H,23,29)(H,24,30)(H,25,26)(H,27,28). The maximum atomic E-state index is 12.0. The van der Waals surface area contributed by atoms with Gasteiger partial charge >= 0.3 is 0 Å². The smallest absolute Gasteiger partial charge is 0.220 e. The number of hydrogen-bond donors (Lipinski definition) is 4. The van der Waals surface area contributed by atoms with Gasteiger partial charge in [-0.1, -0.05) is 24.3 Å². The predicted molar refractivity (Wildman–Crippen MR) is 114 cm³/mol. The molecule has 2 heterocycles. The van der Waals surface area contributed by atoms with Gasteiger partial charge in [0.1, 0.15) is 11.6 Å². The number of H-pyrrole nitrogens is 2. The first-order chi connectivity index (χ1) is 14.7. The minimum atomic E-state index is -0.0434. The molecule has 0 atom stereocenters. The molecule has 2 amide bonds. The lowest BCUT2D eigenvalue weighted by molar-refractivity contribution is -0.123. The number of unbranched alkanes of at least 4 members (excludes halogenated alkanes) is 1. The molecule has 0 spiro atoms. The summed E-state index contributed by atoms with van der Waals surface area (Å²) in [7, 11) is 0. The fourth-order valence-corrected chi connectivity index (χ4v) is 3.29. The number of imidazole rings is 2. The van der Waals surface area contributed by atoms with E-state index in [-0.39, 0.29) is 11.8 Å². The minimum Gasteiger partial charge on any atom is -0.349 e. The number of aromatic nitrogens is 4. The van der Waals surface area contributed by atoms with E-state index in [0.717, 1.165) is 33.7 Å². The van der Waals surface area contributed by atoms with Gasteiger partial charge in [0, 0.05) is 12.8 Å². The van der Waals surface area contributed by atoms with E-state index in [1.807, 2.05) is 48.5 Å². The quantitative estimate of drug-likeness (QED) is 0.321. The Morgan fingerprint density at radius 2 is 1.13 bits per heavy atom. The molecule has 8 heteroatoms. The molecule has 0 saturated carbocycles. The van der Waals surface area contributed by atoms with Gasteiger partial charge < -0.3 is 20.6 Å². The predicted octanol–water partition coefficient (Wildman–Crippen LogP) is 2.93. The van der Waals surface area contributed by atoms with E-state index in [9.17, 15) is 9.59 Å². The summed E-state index contributed by atoms with van der Waals surface area (Å²) in [5, 5.41) is 5.72. The number of para-hydroxylation sites is 4. The molecule has 0 fully saturated rings. The van der Waals surface area contributed by atoms with Crippen molar-refractivity contribution in [2.45, 2.75) is 38.8 Å². The van der Waals surface area contributed by atoms with Crippen molar-refractivity contribution >= 4 is 33.9 Å². The average molecular weight is 404 g/mol. The summed E-state index contributed by atoms with van der Waals surface area (Å²) in [4.78, 5) is 39.2. The Morgan fingerprint density at radius 1 is 0.700 bits per heavy atom. The highest BCUT2D eigenvalue weighted by atomic mass is 16.2. The number of nitrogens with zero attached hydrogens (tertiary/aromatic N) is 2. The third kappa shape index (κ3) is 5.02. The highest BCUT2D eigenvalue weighted by Gasteiger charge is 2.08. The first kappa shape index (κ1) is 19.6. The first-order valence-corrected chi connectivity index (χ1v) is 10.1. The zero-order chi connectivity index (χ0) is 20.8. The second-order valence-corrected chi connectivity index (χ2v) is 7.16. The second kappa shape index (κ2) is 9.21. The molecule has 8 nitrogen and oxygen atoms in total. The lowest BCUT2D eigenvalue weighted by Crippen LogP contribution is -2.24. The molecule has 2 aromatic heterocycles. The Balaban J connectivity index is 1.11. The highest BCUT2D eigenvalue weighted by Crippen LogP contribution is 2.11. The van der Waals surface area contributed by atoms with E-state index in [1.165, 1.54) is 0 Å². The van der Waals surface area contributed by atoms with Crippen LogP contribution in [-0.4, -0.2) is 31.8 Å². The summed E-state index contributed by atoms with van der Waals surface area (Å²) in [5.74, 6) is 1.38. The fourth-order valence-electron chi connectivity index (χ4n) is 3.29. The van der Waals surface area contributed by atoms with Gasteiger partial charge in [-0.25, -0.2) is 9.97 Å². The van der Waals surface area contributed by atoms with Crippen molar-refractivity contribution in [1.29, 1.82) is 0 Å². The van der Waals surface area contributed by atoms with Crippen molar-refractivity contribution < 1.29 is 9.59 Å². The molecule has 2 aromatic carbocycles. The van der Waals surface area contributed by atoms with Gasteiger partial charge in [-0.2, -0.15) is 0 Å². The van der Waals surface area contributed by atoms with Crippen LogP contribution in [0.2, 0.25) is 0 Å². The number of carbonyl (C=O) groups is 2. The summed E-state index contributed by atoms with van der Waals surface area (Å²) < 4.78 is 0. The normalized spacial score (nSPS) is 11.1. The first-order valence-electron chi connectivity index (χ1n) is 10.1. The maximum Gasteiger partial charge on any atom is 0.220 e. The molecule has 0 saturated heterocycles. The topological polar surface area (TPSA) is 116 Å². The average Bonchev–Trinajstić information content (AvgIpc) is 3.37. The largest absolute Gasteiger partial charge is 0.349 e. The SMILES string of the molecule is O=C(CCCCC(=O)NCc1nc2ccccc2[nH]1)NCc1nc2ccccc2[nH]1. The van der Waals surface area contributed by atoms with E-state index in [2.05, 4.69) is 30.6 Å². The van der Waals surface area contributed by atoms with Crippen LogP contribution in [0.3, 0.4) is 0 Å². The second-order valence-electron chi connectivity index (χ2n) is 7.16. The number of nitrogens with one attached hydrogen (secondary N) is 4. The van der Waals surface area contributed by atoms with Gasteiger partial charge in [0.25, 0.3) is 0 Å². The Kier molecular flexibility index (Phi) is 6.03. The van der Waals surface area contributed by atoms with Crippen LogP contribution in [0.4, 0.5) is 0 Å². The Hall–Kier alpha value is -3.68. The zero-order valence-electron chi connectivity index (χ0n) is 16.6. The van der Waals surface area contributed by atoms with Crippen molar-refractivity contribution in [3.8, 4) is 0 Å². The fraction of sp³-hybridized carbons (Fsp3) is 0.273. The molecule has 0 aliphatic carbocycles. The van der Waals surface area contributed by atoms with Crippen molar-refractivity contribution in [3.63, 3.8) is 0 Å². The van der Waals surface area contributed by atoms with Gasteiger partial charge in [-0.15, -0.1) is 0 Å². The van der Waals surface area contributed by atoms with Crippen LogP contribution in [0.1, 0.15) is 37.3 Å². The van der Waals surface area contributed by atoms with Crippen LogP contribution in [-0.2, 0) is 22.7 Å². The van der Waals surface area contributed by atoms with Crippen LogP contribution < -0.4 is 10.6 Å². The summed E-state index contributed by atoms with van der Waals surface area (Å²) in [5.41, 5.74) is 3.68. The van der Waals surface area contributed by atoms with Crippen LogP contribution in [0.5, 0.6) is 0 Å². The molecule has 0 aliphatic heterocycles. The molecule has 0 bridgehead atoms. The van der Waals surface area contributed by atoms with Gasteiger partial charge in [0.05, 0.1) is 35.2 Å². The van der Waals surface area contributed by atoms with E-state index < -0.39 is 0 Å². The summed E-state index contributed by atoms with van der Waals surface area (Å²) in [6, 6.07) is 15.5. The minimum absolute atomic E-state index is 0.0434. The van der Waals surface area contributed by atoms with Gasteiger partial charge in [0.15, 0.2) is 0 Å². The molecular weight excluding hydrogens is 380 g/mol. The van der Waals surface area contributed by atoms with Gasteiger partial charge in [0.2, 0.25) is 11.8 Å². The molecule has 0 aliphatic rings. The molecule has 4 rings (SSSR count). The number of aromatic amines is 2. The van der Waals surface area contributed by atoms with E-state index in [4.69, 9.17) is 0 Å². The molecule has 30 heavy (non-hydrogen) atoms. The Labute approximate surface area is 173 Å². The van der Waals surface area contributed by atoms with Crippen LogP contribution in [0.15, 0.2) is 48.5 Å². The van der Waals surface area contributed by atoms with E-state index in [1.54, 1.807) is 0 Å². The Bertz CT molecular complexity index is 1000. The van der Waals surface area contributed by atoms with Crippen molar-refractivity contribution in [2.75, 3.05) is 0 Å². The number of hydrogen-bond acceptors (Lipinski definition) is 4. The number of rotatable bonds is 9. The van der Waals surface area contributed by atoms with Gasteiger partial charge in [-0.3, -0.25) is 9.59 Å². The van der Waals surface area contributed by atoms with Gasteiger partial charge in [-0.05, 0) is 37.1 Å². The molecule has 4 N–H and O–H groups in total. The van der Waals surface area contributed by atoms with Crippen molar-refractivity contribution in [2.24, 2.45) is 0 Å². The maximum absolute atomic E-state index is 12.0. The van der Waals surface area contributed by atoms with Crippen LogP contribution in [0, 0.1) is 0 Å². The third-order valence-electron chi connectivity index (χ3n) is 4.84. The molecule has 0 radical (unpaired) electrons. The van der Waals surface area contributed by atoms with E-state index in [0.29, 0.717) is 38.8 Å². The highest BCUT2D eigenvalue weighted by molar-refractivity contribution is 5.78. The number of benzene rings is 2. The van der Waals surface area contributed by atoms with Crippen molar-refractivity contribution in [3.05, 3.63) is 60.2 Å². The molecular formula is C22H24N6O2. The van der Waals surface area contributed by atoms with Crippen LogP contribution >= 0.6 is 0 Å². The molecule has 0 unspecified atom stereocenters. The lowest BCUT2D eigenvalue weighted by atomic mass is 10.2. The zero-order valence-corrected chi connectivity index (χ0v) is 16.6. The monoisotopic (exact) mass is 404 g/mol.